The van der Waals surface area contributed by atoms with Gasteiger partial charge < -0.3 is 16.0 Å². The summed E-state index contributed by atoms with van der Waals surface area (Å²) in [6.45, 7) is 6.51. The van der Waals surface area contributed by atoms with Crippen LogP contribution in [0.5, 0.6) is 0 Å². The summed E-state index contributed by atoms with van der Waals surface area (Å²) in [5, 5.41) is 3.12. The van der Waals surface area contributed by atoms with E-state index in [1.54, 1.807) is 0 Å². The standard InChI is InChI=1S/C21H27F3N6O/c1-12-7-15(28-20(31)13(2)29-9-14(25)10-29)11-30(8-12)17-4-3-16(21(22,23)24)18-19(17)27-6-5-26-18/h3-6,12-15H,7-11,25H2,1-2H3,(H,28,31)/t12-,13-,15+/m0/s1. The summed E-state index contributed by atoms with van der Waals surface area (Å²) < 4.78 is 40.3. The van der Waals surface area contributed by atoms with E-state index < -0.39 is 11.7 Å². The maximum absolute atomic E-state index is 13.4. The van der Waals surface area contributed by atoms with Crippen molar-refractivity contribution in [1.29, 1.82) is 0 Å². The van der Waals surface area contributed by atoms with E-state index in [4.69, 9.17) is 5.73 Å². The normalized spacial score (nSPS) is 24.1. The smallest absolute Gasteiger partial charge is 0.367 e. The number of anilines is 1. The topological polar surface area (TPSA) is 87.4 Å². The molecule has 3 heterocycles. The summed E-state index contributed by atoms with van der Waals surface area (Å²) in [4.78, 5) is 24.9. The van der Waals surface area contributed by atoms with Crippen LogP contribution in [0.1, 0.15) is 25.8 Å². The fourth-order valence-electron chi connectivity index (χ4n) is 4.53. The van der Waals surface area contributed by atoms with Crippen molar-refractivity contribution in [3.8, 4) is 0 Å². The van der Waals surface area contributed by atoms with Crippen molar-refractivity contribution in [2.75, 3.05) is 31.1 Å². The van der Waals surface area contributed by atoms with Gasteiger partial charge in [0.1, 0.15) is 11.0 Å². The van der Waals surface area contributed by atoms with Crippen molar-refractivity contribution in [2.45, 2.75) is 44.6 Å². The van der Waals surface area contributed by atoms with Gasteiger partial charge in [0.05, 0.1) is 17.3 Å². The van der Waals surface area contributed by atoms with Crippen LogP contribution in [-0.2, 0) is 11.0 Å². The summed E-state index contributed by atoms with van der Waals surface area (Å²) >= 11 is 0. The zero-order valence-electron chi connectivity index (χ0n) is 17.6. The Labute approximate surface area is 178 Å². The lowest BCUT2D eigenvalue weighted by molar-refractivity contribution is -0.136. The molecule has 2 aromatic rings. The second-order valence-corrected chi connectivity index (χ2v) is 8.72. The van der Waals surface area contributed by atoms with Gasteiger partial charge in [-0.25, -0.2) is 0 Å². The third-order valence-corrected chi connectivity index (χ3v) is 6.12. The number of nitrogens with two attached hydrogens (primary N) is 1. The van der Waals surface area contributed by atoms with Gasteiger partial charge in [-0.15, -0.1) is 0 Å². The lowest BCUT2D eigenvalue weighted by Gasteiger charge is -2.42. The van der Waals surface area contributed by atoms with Gasteiger partial charge >= 0.3 is 6.18 Å². The molecule has 2 saturated heterocycles. The van der Waals surface area contributed by atoms with E-state index in [1.165, 1.54) is 18.5 Å². The molecule has 2 fully saturated rings. The summed E-state index contributed by atoms with van der Waals surface area (Å²) in [5.41, 5.74) is 5.68. The molecular weight excluding hydrogens is 409 g/mol. The number of carbonyl (C=O) groups is 1. The van der Waals surface area contributed by atoms with Crippen molar-refractivity contribution >= 4 is 22.6 Å². The largest absolute Gasteiger partial charge is 0.418 e. The number of carbonyl (C=O) groups excluding carboxylic acids is 1. The summed E-state index contributed by atoms with van der Waals surface area (Å²) in [6, 6.07) is 2.27. The Morgan fingerprint density at radius 3 is 2.48 bits per heavy atom. The first-order chi connectivity index (χ1) is 14.6. The van der Waals surface area contributed by atoms with E-state index in [1.807, 2.05) is 16.7 Å². The molecule has 0 aliphatic carbocycles. The lowest BCUT2D eigenvalue weighted by Crippen LogP contribution is -2.63. The van der Waals surface area contributed by atoms with Gasteiger partial charge in [0.15, 0.2) is 0 Å². The molecule has 0 unspecified atom stereocenters. The minimum absolute atomic E-state index is 0.0528. The molecule has 31 heavy (non-hydrogen) atoms. The van der Waals surface area contributed by atoms with Gasteiger partial charge in [0.2, 0.25) is 5.91 Å². The second-order valence-electron chi connectivity index (χ2n) is 8.72. The number of aromatic nitrogens is 2. The van der Waals surface area contributed by atoms with Gasteiger partial charge in [-0.05, 0) is 31.4 Å². The molecule has 3 atom stereocenters. The first-order valence-electron chi connectivity index (χ1n) is 10.5. The van der Waals surface area contributed by atoms with Gasteiger partial charge in [0.25, 0.3) is 0 Å². The Morgan fingerprint density at radius 1 is 1.16 bits per heavy atom. The van der Waals surface area contributed by atoms with E-state index in [9.17, 15) is 18.0 Å². The Balaban J connectivity index is 1.55. The van der Waals surface area contributed by atoms with Crippen molar-refractivity contribution < 1.29 is 18.0 Å². The van der Waals surface area contributed by atoms with E-state index in [0.29, 0.717) is 31.9 Å². The molecule has 2 aliphatic heterocycles. The highest BCUT2D eigenvalue weighted by molar-refractivity contribution is 5.91. The van der Waals surface area contributed by atoms with Crippen LogP contribution in [0.3, 0.4) is 0 Å². The fourth-order valence-corrected chi connectivity index (χ4v) is 4.53. The fraction of sp³-hybridized carbons (Fsp3) is 0.571. The molecule has 0 saturated carbocycles. The predicted molar refractivity (Wildman–Crippen MR) is 111 cm³/mol. The Kier molecular flexibility index (Phi) is 5.78. The Morgan fingerprint density at radius 2 is 1.84 bits per heavy atom. The van der Waals surface area contributed by atoms with Gasteiger partial charge in [-0.3, -0.25) is 19.7 Å². The zero-order valence-corrected chi connectivity index (χ0v) is 17.6. The van der Waals surface area contributed by atoms with E-state index in [2.05, 4.69) is 22.2 Å². The van der Waals surface area contributed by atoms with Crippen LogP contribution in [-0.4, -0.2) is 65.1 Å². The summed E-state index contributed by atoms with van der Waals surface area (Å²) in [7, 11) is 0. The van der Waals surface area contributed by atoms with Crippen molar-refractivity contribution in [2.24, 2.45) is 11.7 Å². The number of alkyl halides is 3. The van der Waals surface area contributed by atoms with Crippen molar-refractivity contribution in [3.05, 3.63) is 30.1 Å². The van der Waals surface area contributed by atoms with Gasteiger partial charge in [-0.1, -0.05) is 6.92 Å². The zero-order chi connectivity index (χ0) is 22.3. The number of nitrogens with one attached hydrogen (secondary N) is 1. The molecule has 168 valence electrons. The quantitative estimate of drug-likeness (QED) is 0.763. The molecular formula is C21H27F3N6O. The van der Waals surface area contributed by atoms with Crippen LogP contribution < -0.4 is 16.0 Å². The number of piperidine rings is 1. The molecule has 2 aliphatic rings. The third-order valence-electron chi connectivity index (χ3n) is 6.12. The van der Waals surface area contributed by atoms with E-state index in [0.717, 1.165) is 12.5 Å². The van der Waals surface area contributed by atoms with Gasteiger partial charge in [0, 0.05) is 50.7 Å². The van der Waals surface area contributed by atoms with Crippen LogP contribution >= 0.6 is 0 Å². The van der Waals surface area contributed by atoms with Crippen LogP contribution in [0.25, 0.3) is 11.0 Å². The SMILES string of the molecule is C[C@H]1C[C@@H](NC(=O)[C@H](C)N2CC(N)C2)CN(c2ccc(C(F)(F)F)c3nccnc23)C1. The molecule has 3 N–H and O–H groups in total. The number of likely N-dealkylation sites (tertiary alicyclic amines) is 1. The van der Waals surface area contributed by atoms with Crippen molar-refractivity contribution in [3.63, 3.8) is 0 Å². The number of fused-ring (bicyclic) bond motifs is 1. The van der Waals surface area contributed by atoms with Crippen LogP contribution in [0, 0.1) is 5.92 Å². The molecule has 0 bridgehead atoms. The first-order valence-corrected chi connectivity index (χ1v) is 10.5. The van der Waals surface area contributed by atoms with Crippen LogP contribution in [0.4, 0.5) is 18.9 Å². The number of halogens is 3. The van der Waals surface area contributed by atoms with Crippen LogP contribution in [0.2, 0.25) is 0 Å². The Bertz CT molecular complexity index is 962. The van der Waals surface area contributed by atoms with Crippen LogP contribution in [0.15, 0.2) is 24.5 Å². The molecule has 1 aromatic heterocycles. The maximum Gasteiger partial charge on any atom is 0.418 e. The predicted octanol–water partition coefficient (Wildman–Crippen LogP) is 2.01. The number of hydrogen-bond donors (Lipinski definition) is 2. The summed E-state index contributed by atoms with van der Waals surface area (Å²) in [6.07, 6.45) is -1.03. The monoisotopic (exact) mass is 436 g/mol. The molecule has 10 heteroatoms. The molecule has 1 amide bonds. The number of amides is 1. The third kappa shape index (κ3) is 4.45. The average Bonchev–Trinajstić information content (AvgIpc) is 2.68. The highest BCUT2D eigenvalue weighted by atomic mass is 19.4. The van der Waals surface area contributed by atoms with Gasteiger partial charge in [-0.2, -0.15) is 13.2 Å². The van der Waals surface area contributed by atoms with E-state index >= 15 is 0 Å². The molecule has 7 nitrogen and oxygen atoms in total. The second kappa shape index (κ2) is 8.23. The molecule has 4 rings (SSSR count). The molecule has 1 aromatic carbocycles. The molecule has 0 radical (unpaired) electrons. The maximum atomic E-state index is 13.4. The number of rotatable bonds is 4. The molecule has 0 spiro atoms. The van der Waals surface area contributed by atoms with E-state index in [-0.39, 0.29) is 41.0 Å². The number of benzene rings is 1. The average molecular weight is 436 g/mol. The Hall–Kier alpha value is -2.46. The lowest BCUT2D eigenvalue weighted by atomic mass is 9.94. The highest BCUT2D eigenvalue weighted by Gasteiger charge is 2.36. The minimum atomic E-state index is -4.51. The number of nitrogens with zero attached hydrogens (tertiary/aromatic N) is 4. The highest BCUT2D eigenvalue weighted by Crippen LogP contribution is 2.37. The van der Waals surface area contributed by atoms with Crippen molar-refractivity contribution in [1.82, 2.24) is 20.2 Å². The minimum Gasteiger partial charge on any atom is -0.367 e. The summed E-state index contributed by atoms with van der Waals surface area (Å²) in [5.74, 6) is 0.198. The number of hydrogen-bond acceptors (Lipinski definition) is 6. The first kappa shape index (κ1) is 21.8.